The molecule has 45 heavy (non-hydrogen) atoms. The zero-order chi connectivity index (χ0) is 33.3. The van der Waals surface area contributed by atoms with Crippen LogP contribution in [0.15, 0.2) is 42.6 Å². The average Bonchev–Trinajstić information content (AvgIpc) is 3.02. The van der Waals surface area contributed by atoms with Gasteiger partial charge in [-0.05, 0) is 24.3 Å². The van der Waals surface area contributed by atoms with Crippen LogP contribution in [0, 0.1) is 17.3 Å². The highest BCUT2D eigenvalue weighted by Crippen LogP contribution is 2.31. The second-order valence-electron chi connectivity index (χ2n) is 12.0. The number of carbonyl (C=O) groups excluding carboxylic acids is 5. The third-order valence-electron chi connectivity index (χ3n) is 6.58. The Morgan fingerprint density at radius 3 is 2.38 bits per heavy atom. The van der Waals surface area contributed by atoms with Gasteiger partial charge in [-0.1, -0.05) is 65.0 Å². The molecule has 3 rings (SSSR count). The smallest absolute Gasteiger partial charge is 0.493 e. The molecule has 0 aliphatic carbocycles. The molecule has 13 nitrogen and oxygen atoms in total. The summed E-state index contributed by atoms with van der Waals surface area (Å²) in [5, 5.41) is 2.43. The second-order valence-corrected chi connectivity index (χ2v) is 12.0. The van der Waals surface area contributed by atoms with Gasteiger partial charge in [-0.25, -0.2) is 14.6 Å². The van der Waals surface area contributed by atoms with E-state index in [2.05, 4.69) is 10.3 Å². The minimum Gasteiger partial charge on any atom is -0.493 e. The van der Waals surface area contributed by atoms with Crippen LogP contribution in [0.4, 0.5) is 4.79 Å². The highest BCUT2D eigenvalue weighted by molar-refractivity contribution is 5.98. The van der Waals surface area contributed by atoms with Gasteiger partial charge in [-0.3, -0.25) is 14.4 Å². The predicted molar refractivity (Wildman–Crippen MR) is 158 cm³/mol. The third-order valence-corrected chi connectivity index (χ3v) is 6.58. The number of cyclic esters (lactones) is 2. The van der Waals surface area contributed by atoms with Crippen molar-refractivity contribution < 1.29 is 52.4 Å². The number of esters is 3. The van der Waals surface area contributed by atoms with E-state index >= 15 is 0 Å². The van der Waals surface area contributed by atoms with Crippen molar-refractivity contribution in [2.45, 2.75) is 66.2 Å². The monoisotopic (exact) mass is 628 g/mol. The SMILES string of the molecule is COc1ccnc(C(=O)N[C@H]2COC(=O)[C@H](Cc3ccccc3)C(OC(=O)C(C)C)[C@H](C)OC2=O)c1OC(=O)OCC(C)(C)C. The molecule has 4 atom stereocenters. The van der Waals surface area contributed by atoms with Crippen LogP contribution < -0.4 is 14.8 Å². The zero-order valence-electron chi connectivity index (χ0n) is 26.5. The molecule has 244 valence electrons. The van der Waals surface area contributed by atoms with Gasteiger partial charge in [0.1, 0.15) is 18.6 Å². The maximum Gasteiger partial charge on any atom is 0.514 e. The van der Waals surface area contributed by atoms with Gasteiger partial charge in [0, 0.05) is 12.3 Å². The summed E-state index contributed by atoms with van der Waals surface area (Å²) in [6.07, 6.45) is -1.99. The van der Waals surface area contributed by atoms with Crippen LogP contribution in [0.2, 0.25) is 0 Å². The van der Waals surface area contributed by atoms with Crippen LogP contribution in [-0.4, -0.2) is 73.5 Å². The van der Waals surface area contributed by atoms with Gasteiger partial charge >= 0.3 is 24.1 Å². The molecular formula is C32H40N2O11. The van der Waals surface area contributed by atoms with Crippen molar-refractivity contribution in [2.75, 3.05) is 20.3 Å². The summed E-state index contributed by atoms with van der Waals surface area (Å²) < 4.78 is 32.5. The predicted octanol–water partition coefficient (Wildman–Crippen LogP) is 3.67. The molecule has 1 unspecified atom stereocenters. The number of nitrogens with zero attached hydrogens (tertiary/aromatic N) is 1. The molecular weight excluding hydrogens is 588 g/mol. The standard InChI is InChI=1S/C32H40N2O11/c1-18(2)28(36)44-25-19(3)43-30(38)22(16-41-29(37)21(25)15-20-11-9-8-10-12-20)34-27(35)24-26(23(40-7)13-14-33-24)45-31(39)42-17-32(4,5)6/h8-14,18-19,21-22,25H,15-17H2,1-7H3,(H,34,35)/t19-,21+,22-,25?/m0/s1. The van der Waals surface area contributed by atoms with Gasteiger partial charge in [-0.15, -0.1) is 0 Å². The van der Waals surface area contributed by atoms with E-state index in [1.54, 1.807) is 38.1 Å². The topological polar surface area (TPSA) is 166 Å². The van der Waals surface area contributed by atoms with Crippen LogP contribution in [0.3, 0.4) is 0 Å². The van der Waals surface area contributed by atoms with Crippen molar-refractivity contribution >= 4 is 30.0 Å². The van der Waals surface area contributed by atoms with Crippen molar-refractivity contribution in [2.24, 2.45) is 17.3 Å². The van der Waals surface area contributed by atoms with Crippen LogP contribution in [0.25, 0.3) is 0 Å². The molecule has 0 spiro atoms. The van der Waals surface area contributed by atoms with Crippen LogP contribution in [-0.2, 0) is 39.8 Å². The summed E-state index contributed by atoms with van der Waals surface area (Å²) in [4.78, 5) is 69.2. The van der Waals surface area contributed by atoms with E-state index in [0.717, 1.165) is 5.56 Å². The molecule has 1 saturated heterocycles. The first-order valence-corrected chi connectivity index (χ1v) is 14.5. The highest BCUT2D eigenvalue weighted by Gasteiger charge is 2.42. The van der Waals surface area contributed by atoms with E-state index in [9.17, 15) is 24.0 Å². The first-order valence-electron chi connectivity index (χ1n) is 14.5. The number of ether oxygens (including phenoxy) is 6. The van der Waals surface area contributed by atoms with Gasteiger partial charge in [-0.2, -0.15) is 0 Å². The molecule has 0 radical (unpaired) electrons. The Morgan fingerprint density at radius 1 is 1.07 bits per heavy atom. The Labute approximate surface area is 261 Å². The number of carbonyl (C=O) groups is 5. The lowest BCUT2D eigenvalue weighted by Gasteiger charge is -2.29. The number of hydrogen-bond acceptors (Lipinski definition) is 12. The van der Waals surface area contributed by atoms with E-state index in [4.69, 9.17) is 28.4 Å². The second kappa shape index (κ2) is 15.4. The molecule has 1 N–H and O–H groups in total. The lowest BCUT2D eigenvalue weighted by molar-refractivity contribution is -0.176. The molecule has 1 aliphatic rings. The van der Waals surface area contributed by atoms with Crippen molar-refractivity contribution in [3.8, 4) is 11.5 Å². The molecule has 2 heterocycles. The molecule has 1 amide bonds. The number of benzene rings is 1. The fraction of sp³-hybridized carbons (Fsp3) is 0.500. The molecule has 1 aromatic heterocycles. The summed E-state index contributed by atoms with van der Waals surface area (Å²) in [5.41, 5.74) is 0.0150. The number of nitrogens with one attached hydrogen (secondary N) is 1. The largest absolute Gasteiger partial charge is 0.514 e. The Hall–Kier alpha value is -4.68. The maximum absolute atomic E-state index is 13.4. The number of aromatic nitrogens is 1. The molecule has 1 aromatic carbocycles. The highest BCUT2D eigenvalue weighted by atomic mass is 16.7. The van der Waals surface area contributed by atoms with Crippen molar-refractivity contribution in [3.05, 3.63) is 53.9 Å². The number of rotatable bonds is 9. The number of amides is 1. The summed E-state index contributed by atoms with van der Waals surface area (Å²) >= 11 is 0. The molecule has 13 heteroatoms. The molecule has 0 saturated carbocycles. The molecule has 0 bridgehead atoms. The first kappa shape index (κ1) is 34.8. The molecule has 2 aromatic rings. The first-order chi connectivity index (χ1) is 21.2. The van der Waals surface area contributed by atoms with E-state index in [-0.39, 0.29) is 29.9 Å². The Balaban J connectivity index is 1.87. The fourth-order valence-corrected chi connectivity index (χ4v) is 4.22. The Kier molecular flexibility index (Phi) is 11.9. The van der Waals surface area contributed by atoms with Crippen LogP contribution >= 0.6 is 0 Å². The minimum absolute atomic E-state index is 0.00137. The fourth-order valence-electron chi connectivity index (χ4n) is 4.22. The summed E-state index contributed by atoms with van der Waals surface area (Å²) in [5.74, 6) is -5.14. The number of hydrogen-bond donors (Lipinski definition) is 1. The van der Waals surface area contributed by atoms with Gasteiger partial charge in [0.15, 0.2) is 23.6 Å². The van der Waals surface area contributed by atoms with Crippen LogP contribution in [0.1, 0.15) is 57.6 Å². The normalized spacial score (nSPS) is 20.4. The third kappa shape index (κ3) is 9.91. The lowest BCUT2D eigenvalue weighted by Crippen LogP contribution is -2.47. The summed E-state index contributed by atoms with van der Waals surface area (Å²) in [6.45, 7) is 9.77. The quantitative estimate of drug-likeness (QED) is 0.317. The van der Waals surface area contributed by atoms with Crippen molar-refractivity contribution in [1.82, 2.24) is 10.3 Å². The van der Waals surface area contributed by atoms with E-state index in [1.807, 2.05) is 26.8 Å². The van der Waals surface area contributed by atoms with E-state index in [0.29, 0.717) is 0 Å². The summed E-state index contributed by atoms with van der Waals surface area (Å²) in [7, 11) is 1.30. The Bertz CT molecular complexity index is 1370. The van der Waals surface area contributed by atoms with E-state index < -0.39 is 72.4 Å². The molecule has 1 aliphatic heterocycles. The van der Waals surface area contributed by atoms with Crippen LogP contribution in [0.5, 0.6) is 11.5 Å². The number of pyridine rings is 1. The van der Waals surface area contributed by atoms with Gasteiger partial charge in [0.05, 0.1) is 19.6 Å². The van der Waals surface area contributed by atoms with Gasteiger partial charge in [0.25, 0.3) is 5.91 Å². The maximum atomic E-state index is 13.4. The zero-order valence-corrected chi connectivity index (χ0v) is 26.5. The summed E-state index contributed by atoms with van der Waals surface area (Å²) in [6, 6.07) is 8.91. The Morgan fingerprint density at radius 2 is 1.76 bits per heavy atom. The molecule has 1 fully saturated rings. The van der Waals surface area contributed by atoms with Crippen molar-refractivity contribution in [3.63, 3.8) is 0 Å². The van der Waals surface area contributed by atoms with Gasteiger partial charge < -0.3 is 33.7 Å². The number of methoxy groups -OCH3 is 1. The lowest BCUT2D eigenvalue weighted by atomic mass is 9.91. The van der Waals surface area contributed by atoms with Gasteiger partial charge in [0.2, 0.25) is 5.75 Å². The van der Waals surface area contributed by atoms with E-state index in [1.165, 1.54) is 26.3 Å². The van der Waals surface area contributed by atoms with Crippen molar-refractivity contribution in [1.29, 1.82) is 0 Å². The minimum atomic E-state index is -1.49. The average molecular weight is 629 g/mol.